The predicted molar refractivity (Wildman–Crippen MR) is 91.6 cm³/mol. The van der Waals surface area contributed by atoms with Crippen molar-refractivity contribution in [1.82, 2.24) is 0 Å². The molecule has 1 aliphatic carbocycles. The Hall–Kier alpha value is -1.77. The second kappa shape index (κ2) is 6.55. The molecular formula is C18H15Cl2NO. The van der Waals surface area contributed by atoms with E-state index in [0.29, 0.717) is 16.5 Å². The molecule has 1 N–H and O–H groups in total. The SMILES string of the molecule is O=C1C=C(Nc2cc(Cl)cc(Cl)c2)C[C@@H](c2ccccc2)C1. The molecule has 2 aromatic rings. The number of hydrogen-bond acceptors (Lipinski definition) is 2. The molecule has 0 amide bonds. The van der Waals surface area contributed by atoms with E-state index in [1.54, 1.807) is 24.3 Å². The number of rotatable bonds is 3. The zero-order chi connectivity index (χ0) is 15.5. The summed E-state index contributed by atoms with van der Waals surface area (Å²) >= 11 is 12.0. The van der Waals surface area contributed by atoms with Gasteiger partial charge in [-0.3, -0.25) is 4.79 Å². The molecule has 1 aliphatic rings. The predicted octanol–water partition coefficient (Wildman–Crippen LogP) is 5.44. The maximum absolute atomic E-state index is 12.0. The van der Waals surface area contributed by atoms with Crippen LogP contribution in [0.5, 0.6) is 0 Å². The standard InChI is InChI=1S/C18H15Cl2NO/c19-14-8-15(20)10-17(9-14)21-16-6-13(7-18(22)11-16)12-4-2-1-3-5-12/h1-5,8-11,13,21H,6-7H2/t13-/m1/s1. The second-order valence-electron chi connectivity index (χ2n) is 5.43. The van der Waals surface area contributed by atoms with E-state index in [9.17, 15) is 4.79 Å². The number of nitrogens with one attached hydrogen (secondary N) is 1. The fraction of sp³-hybridized carbons (Fsp3) is 0.167. The zero-order valence-corrected chi connectivity index (χ0v) is 13.4. The molecule has 1 atom stereocenters. The zero-order valence-electron chi connectivity index (χ0n) is 11.9. The highest BCUT2D eigenvalue weighted by Gasteiger charge is 2.22. The minimum absolute atomic E-state index is 0.135. The molecule has 0 unspecified atom stereocenters. The lowest BCUT2D eigenvalue weighted by molar-refractivity contribution is -0.115. The Bertz CT molecular complexity index is 705. The summed E-state index contributed by atoms with van der Waals surface area (Å²) in [5, 5.41) is 4.40. The molecule has 22 heavy (non-hydrogen) atoms. The number of allylic oxidation sites excluding steroid dienone is 2. The molecule has 0 aromatic heterocycles. The van der Waals surface area contributed by atoms with E-state index >= 15 is 0 Å². The maximum Gasteiger partial charge on any atom is 0.158 e. The van der Waals surface area contributed by atoms with Gasteiger partial charge >= 0.3 is 0 Å². The van der Waals surface area contributed by atoms with E-state index in [1.165, 1.54) is 5.56 Å². The van der Waals surface area contributed by atoms with E-state index in [-0.39, 0.29) is 11.7 Å². The maximum atomic E-state index is 12.0. The van der Waals surface area contributed by atoms with Crippen LogP contribution in [0.1, 0.15) is 24.3 Å². The first-order valence-electron chi connectivity index (χ1n) is 7.11. The van der Waals surface area contributed by atoms with Gasteiger partial charge < -0.3 is 5.32 Å². The number of benzene rings is 2. The van der Waals surface area contributed by atoms with Crippen molar-refractivity contribution in [2.24, 2.45) is 0 Å². The molecule has 0 saturated heterocycles. The molecule has 0 fully saturated rings. The Balaban J connectivity index is 1.80. The first-order valence-corrected chi connectivity index (χ1v) is 7.87. The number of hydrogen-bond donors (Lipinski definition) is 1. The van der Waals surface area contributed by atoms with Crippen molar-refractivity contribution in [1.29, 1.82) is 0 Å². The van der Waals surface area contributed by atoms with Crippen molar-refractivity contribution in [2.45, 2.75) is 18.8 Å². The number of carbonyl (C=O) groups is 1. The highest BCUT2D eigenvalue weighted by atomic mass is 35.5. The second-order valence-corrected chi connectivity index (χ2v) is 6.31. The fourth-order valence-electron chi connectivity index (χ4n) is 2.75. The third-order valence-electron chi connectivity index (χ3n) is 3.69. The number of carbonyl (C=O) groups excluding carboxylic acids is 1. The molecule has 2 aromatic carbocycles. The minimum atomic E-state index is 0.135. The Morgan fingerprint density at radius 1 is 0.955 bits per heavy atom. The van der Waals surface area contributed by atoms with Crippen molar-refractivity contribution in [2.75, 3.05) is 5.32 Å². The topological polar surface area (TPSA) is 29.1 Å². The summed E-state index contributed by atoms with van der Waals surface area (Å²) in [6, 6.07) is 15.4. The molecular weight excluding hydrogens is 317 g/mol. The molecule has 0 heterocycles. The number of anilines is 1. The summed E-state index contributed by atoms with van der Waals surface area (Å²) in [6.45, 7) is 0. The third kappa shape index (κ3) is 3.70. The normalized spacial score (nSPS) is 18.0. The smallest absolute Gasteiger partial charge is 0.158 e. The van der Waals surface area contributed by atoms with Gasteiger partial charge in [0.15, 0.2) is 5.78 Å². The molecule has 112 valence electrons. The average molecular weight is 332 g/mol. The summed E-state index contributed by atoms with van der Waals surface area (Å²) in [6.07, 6.45) is 3.01. The molecule has 0 aliphatic heterocycles. The van der Waals surface area contributed by atoms with Gasteiger partial charge in [-0.25, -0.2) is 0 Å². The van der Waals surface area contributed by atoms with Crippen LogP contribution in [0.3, 0.4) is 0 Å². The Labute approximate surface area is 139 Å². The first-order chi connectivity index (χ1) is 10.6. The van der Waals surface area contributed by atoms with Gasteiger partial charge in [-0.15, -0.1) is 0 Å². The lowest BCUT2D eigenvalue weighted by atomic mass is 9.85. The van der Waals surface area contributed by atoms with Gasteiger partial charge in [0.1, 0.15) is 0 Å². The molecule has 0 bridgehead atoms. The molecule has 0 saturated carbocycles. The molecule has 3 rings (SSSR count). The summed E-state index contributed by atoms with van der Waals surface area (Å²) in [5.41, 5.74) is 2.88. The summed E-state index contributed by atoms with van der Waals surface area (Å²) in [7, 11) is 0. The molecule has 2 nitrogen and oxygen atoms in total. The van der Waals surface area contributed by atoms with Gasteiger partial charge in [0.2, 0.25) is 0 Å². The van der Waals surface area contributed by atoms with Crippen LogP contribution in [0.25, 0.3) is 0 Å². The monoisotopic (exact) mass is 331 g/mol. The third-order valence-corrected chi connectivity index (χ3v) is 4.12. The Morgan fingerprint density at radius 2 is 1.64 bits per heavy atom. The van der Waals surface area contributed by atoms with Gasteiger partial charge in [0.05, 0.1) is 0 Å². The van der Waals surface area contributed by atoms with Gasteiger partial charge in [0.25, 0.3) is 0 Å². The van der Waals surface area contributed by atoms with Crippen LogP contribution in [-0.2, 0) is 4.79 Å². The lowest BCUT2D eigenvalue weighted by Gasteiger charge is -2.23. The van der Waals surface area contributed by atoms with Gasteiger partial charge in [-0.2, -0.15) is 0 Å². The van der Waals surface area contributed by atoms with Gasteiger partial charge in [-0.05, 0) is 36.1 Å². The van der Waals surface area contributed by atoms with Crippen molar-refractivity contribution in [3.05, 3.63) is 75.9 Å². The highest BCUT2D eigenvalue weighted by Crippen LogP contribution is 2.32. The highest BCUT2D eigenvalue weighted by molar-refractivity contribution is 6.35. The summed E-state index contributed by atoms with van der Waals surface area (Å²) < 4.78 is 0. The van der Waals surface area contributed by atoms with E-state index in [0.717, 1.165) is 17.8 Å². The van der Waals surface area contributed by atoms with Crippen LogP contribution in [0.2, 0.25) is 10.0 Å². The van der Waals surface area contributed by atoms with E-state index < -0.39 is 0 Å². The van der Waals surface area contributed by atoms with Crippen LogP contribution in [0, 0.1) is 0 Å². The van der Waals surface area contributed by atoms with Crippen LogP contribution in [-0.4, -0.2) is 5.78 Å². The van der Waals surface area contributed by atoms with Crippen LogP contribution < -0.4 is 5.32 Å². The number of ketones is 1. The van der Waals surface area contributed by atoms with Crippen molar-refractivity contribution >= 4 is 34.7 Å². The van der Waals surface area contributed by atoms with E-state index in [2.05, 4.69) is 17.4 Å². The summed E-state index contributed by atoms with van der Waals surface area (Å²) in [5.74, 6) is 0.339. The van der Waals surface area contributed by atoms with E-state index in [1.807, 2.05) is 18.2 Å². The summed E-state index contributed by atoms with van der Waals surface area (Å²) in [4.78, 5) is 12.0. The molecule has 4 heteroatoms. The van der Waals surface area contributed by atoms with Crippen LogP contribution in [0.15, 0.2) is 60.3 Å². The minimum Gasteiger partial charge on any atom is -0.359 e. The van der Waals surface area contributed by atoms with Gasteiger partial charge in [0, 0.05) is 33.9 Å². The van der Waals surface area contributed by atoms with Crippen LogP contribution in [0.4, 0.5) is 5.69 Å². The van der Waals surface area contributed by atoms with Crippen molar-refractivity contribution in [3.8, 4) is 0 Å². The molecule has 0 spiro atoms. The molecule has 0 radical (unpaired) electrons. The quantitative estimate of drug-likeness (QED) is 0.811. The average Bonchev–Trinajstić information content (AvgIpc) is 2.46. The fourth-order valence-corrected chi connectivity index (χ4v) is 3.28. The van der Waals surface area contributed by atoms with Crippen LogP contribution >= 0.6 is 23.2 Å². The first kappa shape index (κ1) is 15.1. The Morgan fingerprint density at radius 3 is 2.32 bits per heavy atom. The van der Waals surface area contributed by atoms with Gasteiger partial charge in [-0.1, -0.05) is 53.5 Å². The number of halogens is 2. The van der Waals surface area contributed by atoms with Crippen molar-refractivity contribution in [3.63, 3.8) is 0 Å². The Kier molecular flexibility index (Phi) is 4.51. The lowest BCUT2D eigenvalue weighted by Crippen LogP contribution is -2.16. The largest absolute Gasteiger partial charge is 0.359 e. The van der Waals surface area contributed by atoms with E-state index in [4.69, 9.17) is 23.2 Å². The van der Waals surface area contributed by atoms with Crippen molar-refractivity contribution < 1.29 is 4.79 Å².